The van der Waals surface area contributed by atoms with E-state index >= 15 is 0 Å². The molecule has 0 N–H and O–H groups in total. The fourth-order valence-corrected chi connectivity index (χ4v) is 4.09. The van der Waals surface area contributed by atoms with Crippen molar-refractivity contribution in [3.63, 3.8) is 0 Å². The number of rotatable bonds is 6. The monoisotopic (exact) mass is 413 g/mol. The van der Waals surface area contributed by atoms with E-state index < -0.39 is 16.8 Å². The van der Waals surface area contributed by atoms with Crippen molar-refractivity contribution in [2.45, 2.75) is 19.3 Å². The normalized spacial score (nSPS) is 14.4. The van der Waals surface area contributed by atoms with Crippen LogP contribution in [0.1, 0.15) is 54.5 Å². The molecule has 0 bridgehead atoms. The summed E-state index contributed by atoms with van der Waals surface area (Å²) < 4.78 is 0. The third-order valence-corrected chi connectivity index (χ3v) is 5.71. The Morgan fingerprint density at radius 3 is 2.13 bits per heavy atom. The smallest absolute Gasteiger partial charge is 0.269 e. The molecule has 0 heterocycles. The van der Waals surface area contributed by atoms with Crippen LogP contribution in [0.5, 0.6) is 0 Å². The molecule has 0 saturated heterocycles. The standard InChI is InChI=1S/C25H19NO5/c1-15-9-11-16(12-10-15)22(27)14-21(17-5-4-6-18(13-17)26(30)31)23-24(28)19-7-2-3-8-20(19)25(23)29/h2-13,21,23H,14H2,1H3. The Hall–Kier alpha value is -3.93. The number of hydrogen-bond acceptors (Lipinski definition) is 5. The number of aryl methyl sites for hydroxylation is 1. The summed E-state index contributed by atoms with van der Waals surface area (Å²) in [6.45, 7) is 1.91. The predicted molar refractivity (Wildman–Crippen MR) is 115 cm³/mol. The van der Waals surface area contributed by atoms with E-state index in [9.17, 15) is 24.5 Å². The molecule has 1 aliphatic carbocycles. The molecule has 3 aromatic carbocycles. The maximum atomic E-state index is 13.1. The minimum Gasteiger partial charge on any atom is -0.294 e. The van der Waals surface area contributed by atoms with Gasteiger partial charge in [0.25, 0.3) is 5.69 Å². The highest BCUT2D eigenvalue weighted by Gasteiger charge is 2.44. The molecule has 0 saturated carbocycles. The molecule has 1 aliphatic rings. The van der Waals surface area contributed by atoms with Crippen molar-refractivity contribution in [1.29, 1.82) is 0 Å². The largest absolute Gasteiger partial charge is 0.294 e. The molecule has 4 rings (SSSR count). The van der Waals surface area contributed by atoms with Gasteiger partial charge in [-0.2, -0.15) is 0 Å². The Bertz CT molecular complexity index is 1180. The second-order valence-corrected chi connectivity index (χ2v) is 7.70. The van der Waals surface area contributed by atoms with Crippen LogP contribution in [0.15, 0.2) is 72.8 Å². The van der Waals surface area contributed by atoms with Crippen LogP contribution < -0.4 is 0 Å². The fraction of sp³-hybridized carbons (Fsp3) is 0.160. The molecule has 6 nitrogen and oxygen atoms in total. The summed E-state index contributed by atoms with van der Waals surface area (Å²) in [5.74, 6) is -2.83. The van der Waals surface area contributed by atoms with Crippen LogP contribution in [0.3, 0.4) is 0 Å². The van der Waals surface area contributed by atoms with Crippen molar-refractivity contribution < 1.29 is 19.3 Å². The van der Waals surface area contributed by atoms with Crippen LogP contribution in [-0.2, 0) is 0 Å². The number of ketones is 3. The summed E-state index contributed by atoms with van der Waals surface area (Å²) in [5, 5.41) is 11.3. The second-order valence-electron chi connectivity index (χ2n) is 7.70. The van der Waals surface area contributed by atoms with Gasteiger partial charge < -0.3 is 0 Å². The molecule has 0 amide bonds. The maximum Gasteiger partial charge on any atom is 0.269 e. The molecule has 1 unspecified atom stereocenters. The molecule has 31 heavy (non-hydrogen) atoms. The van der Waals surface area contributed by atoms with E-state index in [2.05, 4.69) is 0 Å². The fourth-order valence-electron chi connectivity index (χ4n) is 4.09. The maximum absolute atomic E-state index is 13.1. The molecule has 0 spiro atoms. The van der Waals surface area contributed by atoms with E-state index in [1.54, 1.807) is 42.5 Å². The van der Waals surface area contributed by atoms with Gasteiger partial charge in [0.2, 0.25) is 0 Å². The van der Waals surface area contributed by atoms with E-state index in [1.807, 2.05) is 19.1 Å². The lowest BCUT2D eigenvalue weighted by Crippen LogP contribution is -2.26. The van der Waals surface area contributed by atoms with E-state index in [4.69, 9.17) is 0 Å². The molecule has 0 aliphatic heterocycles. The Labute approximate surface area is 178 Å². The van der Waals surface area contributed by atoms with Gasteiger partial charge in [0, 0.05) is 41.2 Å². The molecular weight excluding hydrogens is 394 g/mol. The van der Waals surface area contributed by atoms with E-state index in [-0.39, 0.29) is 29.5 Å². The number of non-ortho nitro benzene ring substituents is 1. The van der Waals surface area contributed by atoms with Gasteiger partial charge in [0.05, 0.1) is 10.8 Å². The van der Waals surface area contributed by atoms with Crippen LogP contribution in [0.2, 0.25) is 0 Å². The Kier molecular flexibility index (Phi) is 5.29. The number of Topliss-reactive ketones (excluding diaryl/α,β-unsaturated/α-hetero) is 3. The third-order valence-electron chi connectivity index (χ3n) is 5.71. The zero-order valence-electron chi connectivity index (χ0n) is 16.8. The van der Waals surface area contributed by atoms with Crippen molar-refractivity contribution >= 4 is 23.0 Å². The first-order valence-corrected chi connectivity index (χ1v) is 9.88. The highest BCUT2D eigenvalue weighted by atomic mass is 16.6. The minimum atomic E-state index is -1.09. The van der Waals surface area contributed by atoms with Crippen LogP contribution in [-0.4, -0.2) is 22.3 Å². The van der Waals surface area contributed by atoms with Gasteiger partial charge in [-0.3, -0.25) is 24.5 Å². The molecule has 0 aromatic heterocycles. The molecule has 0 radical (unpaired) electrons. The number of nitrogens with zero attached hydrogens (tertiary/aromatic N) is 1. The summed E-state index contributed by atoms with van der Waals surface area (Å²) in [6, 6.07) is 19.4. The zero-order chi connectivity index (χ0) is 22.1. The molecule has 154 valence electrons. The van der Waals surface area contributed by atoms with Gasteiger partial charge in [-0.25, -0.2) is 0 Å². The van der Waals surface area contributed by atoms with Crippen LogP contribution in [0.25, 0.3) is 0 Å². The van der Waals surface area contributed by atoms with Gasteiger partial charge in [0.15, 0.2) is 17.3 Å². The lowest BCUT2D eigenvalue weighted by atomic mass is 9.78. The third kappa shape index (κ3) is 3.80. The van der Waals surface area contributed by atoms with Crippen molar-refractivity contribution in [3.05, 3.63) is 111 Å². The van der Waals surface area contributed by atoms with Gasteiger partial charge in [-0.1, -0.05) is 66.2 Å². The van der Waals surface area contributed by atoms with Gasteiger partial charge in [-0.05, 0) is 12.5 Å². The van der Waals surface area contributed by atoms with Crippen molar-refractivity contribution in [3.8, 4) is 0 Å². The van der Waals surface area contributed by atoms with Crippen molar-refractivity contribution in [2.24, 2.45) is 5.92 Å². The number of hydrogen-bond donors (Lipinski definition) is 0. The first kappa shape index (κ1) is 20.3. The van der Waals surface area contributed by atoms with Gasteiger partial charge in [-0.15, -0.1) is 0 Å². The lowest BCUT2D eigenvalue weighted by molar-refractivity contribution is -0.384. The predicted octanol–water partition coefficient (Wildman–Crippen LogP) is 4.96. The summed E-state index contributed by atoms with van der Waals surface area (Å²) >= 11 is 0. The van der Waals surface area contributed by atoms with E-state index in [0.29, 0.717) is 22.3 Å². The van der Waals surface area contributed by atoms with Crippen LogP contribution >= 0.6 is 0 Å². The summed E-state index contributed by atoms with van der Waals surface area (Å²) in [4.78, 5) is 50.1. The number of fused-ring (bicyclic) bond motifs is 1. The minimum absolute atomic E-state index is 0.111. The molecule has 1 atom stereocenters. The first-order valence-electron chi connectivity index (χ1n) is 9.88. The Morgan fingerprint density at radius 1 is 0.935 bits per heavy atom. The summed E-state index contributed by atoms with van der Waals surface area (Å²) in [7, 11) is 0. The van der Waals surface area contributed by atoms with Crippen LogP contribution in [0, 0.1) is 23.0 Å². The van der Waals surface area contributed by atoms with Gasteiger partial charge in [0.1, 0.15) is 0 Å². The number of nitro benzene ring substituents is 1. The Morgan fingerprint density at radius 2 is 1.55 bits per heavy atom. The van der Waals surface area contributed by atoms with Crippen molar-refractivity contribution in [1.82, 2.24) is 0 Å². The van der Waals surface area contributed by atoms with Crippen LogP contribution in [0.4, 0.5) is 5.69 Å². The average Bonchev–Trinajstić information content (AvgIpc) is 3.03. The first-order chi connectivity index (χ1) is 14.9. The van der Waals surface area contributed by atoms with Gasteiger partial charge >= 0.3 is 0 Å². The Balaban J connectivity index is 1.76. The lowest BCUT2D eigenvalue weighted by Gasteiger charge is -2.21. The molecule has 6 heteroatoms. The number of carbonyl (C=O) groups excluding carboxylic acids is 3. The van der Waals surface area contributed by atoms with Crippen molar-refractivity contribution in [2.75, 3.05) is 0 Å². The molecule has 0 fully saturated rings. The molecular formula is C25H19NO5. The SMILES string of the molecule is Cc1ccc(C(=O)CC(c2cccc([N+](=O)[O-])c2)C2C(=O)c3ccccc3C2=O)cc1. The summed E-state index contributed by atoms with van der Waals surface area (Å²) in [6.07, 6.45) is -0.111. The zero-order valence-corrected chi connectivity index (χ0v) is 16.8. The quantitative estimate of drug-likeness (QED) is 0.246. The number of carbonyl (C=O) groups is 3. The summed E-state index contributed by atoms with van der Waals surface area (Å²) in [5.41, 5.74) is 2.40. The topological polar surface area (TPSA) is 94.3 Å². The van der Waals surface area contributed by atoms with E-state index in [0.717, 1.165) is 5.56 Å². The number of benzene rings is 3. The average molecular weight is 413 g/mol. The second kappa shape index (κ2) is 8.07. The molecule has 3 aromatic rings. The highest BCUT2D eigenvalue weighted by molar-refractivity contribution is 6.27. The highest BCUT2D eigenvalue weighted by Crippen LogP contribution is 2.40. The van der Waals surface area contributed by atoms with E-state index in [1.165, 1.54) is 18.2 Å². The number of nitro groups is 1.